The lowest BCUT2D eigenvalue weighted by Crippen LogP contribution is -2.46. The Balaban J connectivity index is 1.04. The van der Waals surface area contributed by atoms with Crippen LogP contribution < -0.4 is 9.64 Å². The number of anilines is 1. The van der Waals surface area contributed by atoms with Crippen LogP contribution in [0, 0.1) is 5.92 Å². The quantitative estimate of drug-likeness (QED) is 0.243. The van der Waals surface area contributed by atoms with Crippen LogP contribution in [0.2, 0.25) is 0 Å². The minimum atomic E-state index is -4.95. The third-order valence-electron chi connectivity index (χ3n) is 10.7. The van der Waals surface area contributed by atoms with Crippen molar-refractivity contribution in [1.82, 2.24) is 10.1 Å². The molecule has 4 aliphatic carbocycles. The van der Waals surface area contributed by atoms with Crippen LogP contribution in [0.3, 0.4) is 0 Å². The molecule has 4 saturated carbocycles. The summed E-state index contributed by atoms with van der Waals surface area (Å²) in [7, 11) is 1.17. The summed E-state index contributed by atoms with van der Waals surface area (Å²) in [5.41, 5.74) is 1.27. The van der Waals surface area contributed by atoms with Crippen molar-refractivity contribution in [3.8, 4) is 5.75 Å². The van der Waals surface area contributed by atoms with Crippen molar-refractivity contribution in [2.75, 3.05) is 12.0 Å². The van der Waals surface area contributed by atoms with Crippen molar-refractivity contribution in [3.05, 3.63) is 34.7 Å². The molecule has 0 spiro atoms. The number of hydrogen-bond acceptors (Lipinski definition) is 10. The summed E-state index contributed by atoms with van der Waals surface area (Å²) in [5, 5.41) is 5.10. The van der Waals surface area contributed by atoms with E-state index in [1.54, 1.807) is 0 Å². The van der Waals surface area contributed by atoms with Crippen LogP contribution in [0.15, 0.2) is 16.7 Å². The SMILES string of the molecule is COC(=O)c1cc(OC(F)(F)F)c2nc(N3[C@@H]4CC[C@H]3C[C@H](OC(=O)c3c(C56CCC(CC5)CC6)noc3C3CC3)C4)sc2c1. The fourth-order valence-electron chi connectivity index (χ4n) is 8.37. The van der Waals surface area contributed by atoms with E-state index < -0.39 is 18.1 Å². The van der Waals surface area contributed by atoms with Crippen LogP contribution in [0.1, 0.15) is 115 Å². The molecule has 13 heteroatoms. The minimum absolute atomic E-state index is 0.00578. The molecule has 9 rings (SSSR count). The number of carbonyl (C=O) groups is 2. The van der Waals surface area contributed by atoms with Gasteiger partial charge in [-0.15, -0.1) is 13.2 Å². The number of aromatic nitrogens is 2. The van der Waals surface area contributed by atoms with Crippen LogP contribution in [0.25, 0.3) is 10.2 Å². The van der Waals surface area contributed by atoms with Gasteiger partial charge in [-0.05, 0) is 82.3 Å². The third kappa shape index (κ3) is 5.14. The maximum atomic E-state index is 13.9. The largest absolute Gasteiger partial charge is 0.573 e. The second kappa shape index (κ2) is 10.6. The zero-order valence-corrected chi connectivity index (χ0v) is 25.7. The van der Waals surface area contributed by atoms with E-state index in [1.807, 2.05) is 0 Å². The van der Waals surface area contributed by atoms with E-state index in [4.69, 9.17) is 14.0 Å². The Bertz CT molecular complexity index is 1630. The topological polar surface area (TPSA) is 104 Å². The molecule has 4 bridgehead atoms. The standard InChI is InChI=1S/C32H34F3N3O6S/c1-41-28(39)18-12-22(43-32(33,34)35)25-23(13-18)45-30(36-25)38-19-4-5-20(38)15-21(14-19)42-29(40)24-26(17-2-3-17)44-37-27(24)31-9-6-16(7-10-31)8-11-31/h12-13,16-17,19-21H,2-11,14-15H2,1H3/t16?,19-,20+,21-,31?. The number of benzene rings is 1. The van der Waals surface area contributed by atoms with Crippen LogP contribution >= 0.6 is 11.3 Å². The first kappa shape index (κ1) is 29.1. The molecule has 4 heterocycles. The number of methoxy groups -OCH3 is 1. The lowest BCUT2D eigenvalue weighted by atomic mass is 9.59. The predicted molar refractivity (Wildman–Crippen MR) is 157 cm³/mol. The Morgan fingerprint density at radius 1 is 1.00 bits per heavy atom. The molecule has 3 aromatic rings. The molecule has 240 valence electrons. The highest BCUT2D eigenvalue weighted by molar-refractivity contribution is 7.22. The molecule has 9 nitrogen and oxygen atoms in total. The Morgan fingerprint density at radius 2 is 1.69 bits per heavy atom. The number of esters is 2. The van der Waals surface area contributed by atoms with E-state index in [2.05, 4.69) is 19.8 Å². The lowest BCUT2D eigenvalue weighted by molar-refractivity contribution is -0.274. The van der Waals surface area contributed by atoms with Gasteiger partial charge in [-0.25, -0.2) is 14.6 Å². The number of nitrogens with zero attached hydrogens (tertiary/aromatic N) is 3. The van der Waals surface area contributed by atoms with Crippen LogP contribution in [-0.4, -0.2) is 53.7 Å². The summed E-state index contributed by atoms with van der Waals surface area (Å²) in [6, 6.07) is 2.50. The van der Waals surface area contributed by atoms with Gasteiger partial charge in [0.1, 0.15) is 22.9 Å². The van der Waals surface area contributed by atoms with Gasteiger partial charge >= 0.3 is 18.3 Å². The van der Waals surface area contributed by atoms with Gasteiger partial charge in [-0.2, -0.15) is 0 Å². The zero-order valence-electron chi connectivity index (χ0n) is 24.9. The Hall–Kier alpha value is -3.35. The number of alkyl halides is 3. The Kier molecular flexibility index (Phi) is 6.85. The van der Waals surface area contributed by atoms with E-state index in [0.29, 0.717) is 34.0 Å². The van der Waals surface area contributed by atoms with E-state index in [0.717, 1.165) is 62.6 Å². The predicted octanol–water partition coefficient (Wildman–Crippen LogP) is 7.43. The average Bonchev–Trinajstić information content (AvgIpc) is 3.50. The van der Waals surface area contributed by atoms with Gasteiger partial charge in [-0.3, -0.25) is 0 Å². The summed E-state index contributed by atoms with van der Waals surface area (Å²) in [6.45, 7) is 0. The fourth-order valence-corrected chi connectivity index (χ4v) is 9.54. The number of halogens is 3. The summed E-state index contributed by atoms with van der Waals surface area (Å²) in [5.74, 6) is 0.0616. The van der Waals surface area contributed by atoms with Crippen molar-refractivity contribution in [2.24, 2.45) is 5.92 Å². The highest BCUT2D eigenvalue weighted by Gasteiger charge is 2.49. The maximum absolute atomic E-state index is 13.9. The molecule has 0 unspecified atom stereocenters. The Morgan fingerprint density at radius 3 is 2.31 bits per heavy atom. The van der Waals surface area contributed by atoms with Gasteiger partial charge in [0.15, 0.2) is 16.6 Å². The molecule has 2 aliphatic heterocycles. The molecule has 0 radical (unpaired) electrons. The smallest absolute Gasteiger partial charge is 0.465 e. The van der Waals surface area contributed by atoms with Gasteiger partial charge in [0.05, 0.1) is 17.4 Å². The second-order valence-corrected chi connectivity index (χ2v) is 14.5. The van der Waals surface area contributed by atoms with Gasteiger partial charge in [0.25, 0.3) is 0 Å². The maximum Gasteiger partial charge on any atom is 0.573 e. The lowest BCUT2D eigenvalue weighted by Gasteiger charge is -2.45. The molecule has 45 heavy (non-hydrogen) atoms. The molecule has 2 saturated heterocycles. The first-order chi connectivity index (χ1) is 21.6. The minimum Gasteiger partial charge on any atom is -0.465 e. The fraction of sp³-hybridized carbons (Fsp3) is 0.625. The number of carbonyl (C=O) groups excluding carboxylic acids is 2. The van der Waals surface area contributed by atoms with Crippen LogP contribution in [0.4, 0.5) is 18.3 Å². The highest BCUT2D eigenvalue weighted by atomic mass is 32.1. The van der Waals surface area contributed by atoms with Gasteiger partial charge in [-0.1, -0.05) is 16.5 Å². The van der Waals surface area contributed by atoms with Crippen LogP contribution in [-0.2, 0) is 14.9 Å². The number of hydrogen-bond donors (Lipinski definition) is 0. The van der Waals surface area contributed by atoms with E-state index in [9.17, 15) is 22.8 Å². The molecule has 0 amide bonds. The first-order valence-electron chi connectivity index (χ1n) is 15.9. The van der Waals surface area contributed by atoms with Crippen LogP contribution in [0.5, 0.6) is 5.75 Å². The summed E-state index contributed by atoms with van der Waals surface area (Å²) < 4.78 is 61.3. The van der Waals surface area contributed by atoms with Gasteiger partial charge in [0, 0.05) is 36.3 Å². The molecular weight excluding hydrogens is 611 g/mol. The van der Waals surface area contributed by atoms with Gasteiger partial charge in [0.2, 0.25) is 0 Å². The summed E-state index contributed by atoms with van der Waals surface area (Å²) >= 11 is 1.21. The molecule has 0 N–H and O–H groups in total. The van der Waals surface area contributed by atoms with E-state index in [1.165, 1.54) is 43.8 Å². The van der Waals surface area contributed by atoms with Crippen molar-refractivity contribution >= 4 is 38.6 Å². The van der Waals surface area contributed by atoms with Crippen molar-refractivity contribution in [1.29, 1.82) is 0 Å². The van der Waals surface area contributed by atoms with E-state index in [-0.39, 0.29) is 46.6 Å². The van der Waals surface area contributed by atoms with Gasteiger partial charge < -0.3 is 23.6 Å². The molecule has 2 aromatic heterocycles. The Labute approximate surface area is 261 Å². The molecule has 3 atom stereocenters. The van der Waals surface area contributed by atoms with Crippen molar-refractivity contribution in [2.45, 2.75) is 113 Å². The van der Waals surface area contributed by atoms with Crippen molar-refractivity contribution in [3.63, 3.8) is 0 Å². The molecular formula is C32H34F3N3O6S. The number of ether oxygens (including phenoxy) is 3. The third-order valence-corrected chi connectivity index (χ3v) is 11.8. The van der Waals surface area contributed by atoms with Crippen molar-refractivity contribution < 1.29 is 41.5 Å². The molecule has 6 fully saturated rings. The normalized spacial score (nSPS) is 29.3. The zero-order chi connectivity index (χ0) is 31.1. The summed E-state index contributed by atoms with van der Waals surface area (Å²) in [6.07, 6.45) is 6.22. The second-order valence-electron chi connectivity index (χ2n) is 13.5. The number of fused-ring (bicyclic) bond motifs is 6. The average molecular weight is 646 g/mol. The number of thiazole rings is 1. The number of rotatable bonds is 7. The highest BCUT2D eigenvalue weighted by Crippen LogP contribution is 2.54. The monoisotopic (exact) mass is 645 g/mol. The molecule has 6 aliphatic rings. The first-order valence-corrected chi connectivity index (χ1v) is 16.7. The molecule has 1 aromatic carbocycles. The number of piperidine rings is 1. The van der Waals surface area contributed by atoms with E-state index >= 15 is 0 Å². The summed E-state index contributed by atoms with van der Waals surface area (Å²) in [4.78, 5) is 32.8.